The molecular formula is C14H17N3O5S. The monoisotopic (exact) mass is 339 g/mol. The molecule has 124 valence electrons. The number of nitro benzene ring substituents is 1. The smallest absolute Gasteiger partial charge is 0.269 e. The van der Waals surface area contributed by atoms with E-state index in [1.165, 1.54) is 18.3 Å². The van der Waals surface area contributed by atoms with Gasteiger partial charge in [-0.2, -0.15) is 4.31 Å². The summed E-state index contributed by atoms with van der Waals surface area (Å²) in [7, 11) is -3.96. The van der Waals surface area contributed by atoms with Crippen molar-refractivity contribution in [1.29, 1.82) is 0 Å². The largest absolute Gasteiger partial charge is 0.332 e. The minimum Gasteiger partial charge on any atom is -0.332 e. The Labute approximate surface area is 134 Å². The second-order valence-corrected chi connectivity index (χ2v) is 7.32. The van der Waals surface area contributed by atoms with E-state index < -0.39 is 26.9 Å². The molecule has 1 atom stereocenters. The van der Waals surface area contributed by atoms with Crippen molar-refractivity contribution < 1.29 is 18.1 Å². The third-order valence-corrected chi connectivity index (χ3v) is 5.35. The van der Waals surface area contributed by atoms with Gasteiger partial charge in [-0.1, -0.05) is 19.9 Å². The molecule has 1 aromatic rings. The van der Waals surface area contributed by atoms with E-state index in [1.54, 1.807) is 19.9 Å². The molecule has 1 N–H and O–H groups in total. The van der Waals surface area contributed by atoms with Crippen molar-refractivity contribution in [1.82, 2.24) is 9.62 Å². The highest BCUT2D eigenvalue weighted by Crippen LogP contribution is 2.24. The van der Waals surface area contributed by atoms with Crippen molar-refractivity contribution in [3.8, 4) is 0 Å². The van der Waals surface area contributed by atoms with Crippen LogP contribution in [-0.4, -0.2) is 36.1 Å². The quantitative estimate of drug-likeness (QED) is 0.656. The van der Waals surface area contributed by atoms with E-state index in [-0.39, 0.29) is 23.0 Å². The summed E-state index contributed by atoms with van der Waals surface area (Å²) in [5, 5.41) is 13.2. The highest BCUT2D eigenvalue weighted by atomic mass is 32.2. The van der Waals surface area contributed by atoms with Gasteiger partial charge in [0.25, 0.3) is 5.69 Å². The standard InChI is InChI=1S/C14H17N3O5S/c1-10(2)13-14(18)15-8-3-9-16(13)23(21,22)12-6-4-11(5-7-12)17(19)20/h3-8,10,13H,9H2,1-2H3,(H,15,18)/t13-/m0/s1. The summed E-state index contributed by atoms with van der Waals surface area (Å²) < 4.78 is 26.8. The Kier molecular flexibility index (Phi) is 4.81. The van der Waals surface area contributed by atoms with Gasteiger partial charge in [0, 0.05) is 24.9 Å². The predicted octanol–water partition coefficient (Wildman–Crippen LogP) is 1.25. The molecule has 0 unspecified atom stereocenters. The molecule has 1 aliphatic rings. The van der Waals surface area contributed by atoms with Crippen molar-refractivity contribution in [2.45, 2.75) is 24.8 Å². The van der Waals surface area contributed by atoms with Gasteiger partial charge in [-0.25, -0.2) is 8.42 Å². The van der Waals surface area contributed by atoms with E-state index in [4.69, 9.17) is 0 Å². The highest BCUT2D eigenvalue weighted by Gasteiger charge is 2.38. The number of nitrogens with zero attached hydrogens (tertiary/aromatic N) is 2. The molecule has 2 rings (SSSR count). The lowest BCUT2D eigenvalue weighted by Gasteiger charge is -2.30. The first-order chi connectivity index (χ1) is 10.7. The maximum atomic E-state index is 12.8. The summed E-state index contributed by atoms with van der Waals surface area (Å²) in [4.78, 5) is 22.1. The molecule has 0 fully saturated rings. The van der Waals surface area contributed by atoms with Crippen LogP contribution in [0.3, 0.4) is 0 Å². The first-order valence-corrected chi connectivity index (χ1v) is 8.41. The Morgan fingerprint density at radius 3 is 2.43 bits per heavy atom. The fourth-order valence-corrected chi connectivity index (χ4v) is 4.06. The lowest BCUT2D eigenvalue weighted by atomic mass is 10.0. The van der Waals surface area contributed by atoms with E-state index >= 15 is 0 Å². The molecule has 1 aromatic carbocycles. The van der Waals surface area contributed by atoms with Crippen molar-refractivity contribution >= 4 is 21.6 Å². The normalized spacial score (nSPS) is 19.4. The number of carbonyl (C=O) groups is 1. The number of benzene rings is 1. The van der Waals surface area contributed by atoms with Gasteiger partial charge in [0.05, 0.1) is 9.82 Å². The van der Waals surface area contributed by atoms with Crippen LogP contribution < -0.4 is 5.32 Å². The zero-order valence-electron chi connectivity index (χ0n) is 12.7. The number of non-ortho nitro benzene ring substituents is 1. The van der Waals surface area contributed by atoms with Crippen LogP contribution in [0.4, 0.5) is 5.69 Å². The van der Waals surface area contributed by atoms with Crippen molar-refractivity contribution in [2.75, 3.05) is 6.54 Å². The van der Waals surface area contributed by atoms with Crippen LogP contribution in [0.1, 0.15) is 13.8 Å². The fraction of sp³-hybridized carbons (Fsp3) is 0.357. The van der Waals surface area contributed by atoms with Crippen molar-refractivity contribution in [2.24, 2.45) is 5.92 Å². The molecule has 0 radical (unpaired) electrons. The average Bonchev–Trinajstić information content (AvgIpc) is 2.69. The minimum atomic E-state index is -3.96. The molecule has 0 bridgehead atoms. The summed E-state index contributed by atoms with van der Waals surface area (Å²) in [5.74, 6) is -0.637. The van der Waals surface area contributed by atoms with Crippen LogP contribution in [0.2, 0.25) is 0 Å². The molecule has 9 heteroatoms. The molecule has 0 saturated heterocycles. The lowest BCUT2D eigenvalue weighted by Crippen LogP contribution is -2.50. The predicted molar refractivity (Wildman–Crippen MR) is 82.9 cm³/mol. The van der Waals surface area contributed by atoms with E-state index in [1.807, 2.05) is 0 Å². The molecule has 23 heavy (non-hydrogen) atoms. The van der Waals surface area contributed by atoms with Crippen molar-refractivity contribution in [3.63, 3.8) is 0 Å². The van der Waals surface area contributed by atoms with E-state index in [0.29, 0.717) is 0 Å². The molecule has 0 aromatic heterocycles. The highest BCUT2D eigenvalue weighted by molar-refractivity contribution is 7.89. The summed E-state index contributed by atoms with van der Waals surface area (Å²) in [6.45, 7) is 3.56. The van der Waals surface area contributed by atoms with Gasteiger partial charge < -0.3 is 5.32 Å². The summed E-state index contributed by atoms with van der Waals surface area (Å²) in [6, 6.07) is 3.76. The zero-order valence-corrected chi connectivity index (χ0v) is 13.5. The summed E-state index contributed by atoms with van der Waals surface area (Å²) in [5.41, 5.74) is -0.196. The van der Waals surface area contributed by atoms with Gasteiger partial charge in [-0.05, 0) is 18.1 Å². The number of hydrogen-bond donors (Lipinski definition) is 1. The first-order valence-electron chi connectivity index (χ1n) is 6.97. The Morgan fingerprint density at radius 1 is 1.30 bits per heavy atom. The van der Waals surface area contributed by atoms with Crippen LogP contribution in [0, 0.1) is 16.0 Å². The van der Waals surface area contributed by atoms with Crippen LogP contribution in [0.15, 0.2) is 41.4 Å². The number of amides is 1. The minimum absolute atomic E-state index is 0.0426. The van der Waals surface area contributed by atoms with Gasteiger partial charge >= 0.3 is 0 Å². The van der Waals surface area contributed by atoms with Gasteiger partial charge in [-0.15, -0.1) is 0 Å². The molecule has 1 aliphatic heterocycles. The number of nitro groups is 1. The molecule has 1 amide bonds. The summed E-state index contributed by atoms with van der Waals surface area (Å²) >= 11 is 0. The average molecular weight is 339 g/mol. The number of carbonyl (C=O) groups excluding carboxylic acids is 1. The Morgan fingerprint density at radius 2 is 1.91 bits per heavy atom. The van der Waals surface area contributed by atoms with E-state index in [9.17, 15) is 23.3 Å². The van der Waals surface area contributed by atoms with Crippen LogP contribution in [0.25, 0.3) is 0 Å². The fourth-order valence-electron chi connectivity index (χ4n) is 2.39. The van der Waals surface area contributed by atoms with Crippen molar-refractivity contribution in [3.05, 3.63) is 46.7 Å². The number of sulfonamides is 1. The second-order valence-electron chi connectivity index (χ2n) is 5.43. The number of nitrogens with one attached hydrogen (secondary N) is 1. The molecule has 1 heterocycles. The van der Waals surface area contributed by atoms with Gasteiger partial charge in [-0.3, -0.25) is 14.9 Å². The summed E-state index contributed by atoms with van der Waals surface area (Å²) in [6.07, 6.45) is 2.96. The third-order valence-electron chi connectivity index (χ3n) is 3.49. The third kappa shape index (κ3) is 3.40. The van der Waals surface area contributed by atoms with Gasteiger partial charge in [0.15, 0.2) is 0 Å². The number of rotatable bonds is 4. The van der Waals surface area contributed by atoms with Crippen LogP contribution >= 0.6 is 0 Å². The first kappa shape index (κ1) is 17.1. The Balaban J connectivity index is 2.44. The van der Waals surface area contributed by atoms with E-state index in [0.717, 1.165) is 16.4 Å². The molecule has 8 nitrogen and oxygen atoms in total. The molecule has 0 spiro atoms. The van der Waals surface area contributed by atoms with Gasteiger partial charge in [0.2, 0.25) is 15.9 Å². The van der Waals surface area contributed by atoms with Gasteiger partial charge in [0.1, 0.15) is 6.04 Å². The zero-order chi connectivity index (χ0) is 17.2. The second kappa shape index (κ2) is 6.47. The lowest BCUT2D eigenvalue weighted by molar-refractivity contribution is -0.384. The van der Waals surface area contributed by atoms with Crippen LogP contribution in [0.5, 0.6) is 0 Å². The Hall–Kier alpha value is -2.26. The van der Waals surface area contributed by atoms with Crippen LogP contribution in [-0.2, 0) is 14.8 Å². The Bertz CT molecular complexity index is 740. The van der Waals surface area contributed by atoms with E-state index in [2.05, 4.69) is 5.32 Å². The molecule has 0 saturated carbocycles. The maximum Gasteiger partial charge on any atom is 0.269 e. The molecular weight excluding hydrogens is 322 g/mol. The SMILES string of the molecule is CC(C)[C@H]1C(=O)NC=CCN1S(=O)(=O)c1ccc([N+](=O)[O-])cc1. The topological polar surface area (TPSA) is 110 Å². The maximum absolute atomic E-state index is 12.8. The number of hydrogen-bond acceptors (Lipinski definition) is 5. The molecule has 0 aliphatic carbocycles.